The molecular formula is C14H11FO4. The molecule has 5 heteroatoms. The van der Waals surface area contributed by atoms with Gasteiger partial charge in [-0.05, 0) is 36.4 Å². The van der Waals surface area contributed by atoms with E-state index in [2.05, 4.69) is 0 Å². The number of rotatable bonds is 3. The van der Waals surface area contributed by atoms with Crippen molar-refractivity contribution >= 4 is 5.97 Å². The van der Waals surface area contributed by atoms with Gasteiger partial charge in [0.15, 0.2) is 0 Å². The number of phenolic OH excluding ortho intramolecular Hbond substituents is 1. The number of aromatic carboxylic acids is 1. The van der Waals surface area contributed by atoms with E-state index in [1.54, 1.807) is 6.07 Å². The Balaban J connectivity index is 2.67. The van der Waals surface area contributed by atoms with E-state index in [0.29, 0.717) is 5.75 Å². The van der Waals surface area contributed by atoms with E-state index < -0.39 is 11.8 Å². The van der Waals surface area contributed by atoms with Gasteiger partial charge < -0.3 is 14.9 Å². The lowest BCUT2D eigenvalue weighted by Crippen LogP contribution is -2.00. The van der Waals surface area contributed by atoms with Crippen LogP contribution in [0.5, 0.6) is 11.5 Å². The molecule has 0 unspecified atom stereocenters. The van der Waals surface area contributed by atoms with Crippen molar-refractivity contribution in [3.8, 4) is 22.6 Å². The van der Waals surface area contributed by atoms with Crippen LogP contribution in [0.25, 0.3) is 11.1 Å². The maximum absolute atomic E-state index is 13.2. The Kier molecular flexibility index (Phi) is 3.37. The summed E-state index contributed by atoms with van der Waals surface area (Å²) in [7, 11) is 1.42. The maximum Gasteiger partial charge on any atom is 0.336 e. The van der Waals surface area contributed by atoms with Crippen molar-refractivity contribution in [2.45, 2.75) is 0 Å². The number of aromatic hydroxyl groups is 1. The Morgan fingerprint density at radius 2 is 1.89 bits per heavy atom. The van der Waals surface area contributed by atoms with Gasteiger partial charge in [0.1, 0.15) is 17.3 Å². The summed E-state index contributed by atoms with van der Waals surface area (Å²) in [4.78, 5) is 11.2. The first-order chi connectivity index (χ1) is 9.02. The third-order valence-corrected chi connectivity index (χ3v) is 2.71. The Morgan fingerprint density at radius 1 is 1.16 bits per heavy atom. The molecule has 2 aromatic carbocycles. The highest BCUT2D eigenvalue weighted by Gasteiger charge is 2.16. The summed E-state index contributed by atoms with van der Waals surface area (Å²) < 4.78 is 18.2. The number of hydrogen-bond donors (Lipinski definition) is 2. The third-order valence-electron chi connectivity index (χ3n) is 2.71. The summed E-state index contributed by atoms with van der Waals surface area (Å²) in [6.07, 6.45) is 0. The molecule has 0 saturated carbocycles. The number of methoxy groups -OCH3 is 1. The number of benzene rings is 2. The van der Waals surface area contributed by atoms with Gasteiger partial charge in [0.25, 0.3) is 0 Å². The fraction of sp³-hybridized carbons (Fsp3) is 0.0714. The molecule has 0 aliphatic heterocycles. The van der Waals surface area contributed by atoms with Crippen LogP contribution in [-0.2, 0) is 0 Å². The molecule has 0 radical (unpaired) electrons. The fourth-order valence-corrected chi connectivity index (χ4v) is 1.79. The van der Waals surface area contributed by atoms with Crippen LogP contribution in [0.3, 0.4) is 0 Å². The molecule has 0 saturated heterocycles. The largest absolute Gasteiger partial charge is 0.507 e. The number of hydrogen-bond acceptors (Lipinski definition) is 3. The molecule has 0 amide bonds. The van der Waals surface area contributed by atoms with Crippen LogP contribution in [0.15, 0.2) is 36.4 Å². The van der Waals surface area contributed by atoms with Gasteiger partial charge in [-0.15, -0.1) is 0 Å². The molecule has 4 nitrogen and oxygen atoms in total. The highest BCUT2D eigenvalue weighted by Crippen LogP contribution is 2.34. The molecular weight excluding hydrogens is 251 g/mol. The number of ether oxygens (including phenoxy) is 1. The van der Waals surface area contributed by atoms with Crippen LogP contribution in [0.1, 0.15) is 10.4 Å². The number of halogens is 1. The first kappa shape index (κ1) is 12.9. The second kappa shape index (κ2) is 4.97. The van der Waals surface area contributed by atoms with E-state index in [0.717, 1.165) is 12.1 Å². The molecule has 2 N–H and O–H groups in total. The van der Waals surface area contributed by atoms with E-state index in [4.69, 9.17) is 4.74 Å². The van der Waals surface area contributed by atoms with Crippen LogP contribution >= 0.6 is 0 Å². The van der Waals surface area contributed by atoms with Crippen LogP contribution in [0.2, 0.25) is 0 Å². The van der Waals surface area contributed by atoms with Gasteiger partial charge in [-0.2, -0.15) is 0 Å². The predicted octanol–water partition coefficient (Wildman–Crippen LogP) is 2.91. The summed E-state index contributed by atoms with van der Waals surface area (Å²) in [5.41, 5.74) is 0.283. The van der Waals surface area contributed by atoms with Crippen molar-refractivity contribution in [1.29, 1.82) is 0 Å². The topological polar surface area (TPSA) is 66.8 Å². The Morgan fingerprint density at radius 3 is 2.53 bits per heavy atom. The minimum absolute atomic E-state index is 0.0692. The van der Waals surface area contributed by atoms with Crippen LogP contribution in [0.4, 0.5) is 4.39 Å². The summed E-state index contributed by atoms with van der Waals surface area (Å²) in [6.45, 7) is 0. The zero-order valence-electron chi connectivity index (χ0n) is 10.1. The molecule has 2 aromatic rings. The SMILES string of the molecule is COc1ccc(-c2cc(F)ccc2O)c(C(=O)O)c1. The highest BCUT2D eigenvalue weighted by atomic mass is 19.1. The summed E-state index contributed by atoms with van der Waals surface area (Å²) in [5.74, 6) is -1.55. The first-order valence-electron chi connectivity index (χ1n) is 5.43. The normalized spacial score (nSPS) is 10.2. The molecule has 19 heavy (non-hydrogen) atoms. The molecule has 98 valence electrons. The smallest absolute Gasteiger partial charge is 0.336 e. The van der Waals surface area contributed by atoms with E-state index in [9.17, 15) is 19.4 Å². The maximum atomic E-state index is 13.2. The monoisotopic (exact) mass is 262 g/mol. The average molecular weight is 262 g/mol. The second-order valence-electron chi connectivity index (χ2n) is 3.88. The van der Waals surface area contributed by atoms with Gasteiger partial charge in [0.05, 0.1) is 12.7 Å². The first-order valence-corrected chi connectivity index (χ1v) is 5.43. The number of carboxylic acids is 1. The van der Waals surface area contributed by atoms with Crippen molar-refractivity contribution in [3.05, 3.63) is 47.8 Å². The van der Waals surface area contributed by atoms with Gasteiger partial charge in [-0.25, -0.2) is 9.18 Å². The zero-order valence-corrected chi connectivity index (χ0v) is 10.1. The van der Waals surface area contributed by atoms with Crippen molar-refractivity contribution < 1.29 is 24.1 Å². The molecule has 0 aliphatic rings. The molecule has 0 bridgehead atoms. The van der Waals surface area contributed by atoms with Crippen LogP contribution < -0.4 is 4.74 Å². The molecule has 0 atom stereocenters. The van der Waals surface area contributed by atoms with E-state index in [1.807, 2.05) is 0 Å². The van der Waals surface area contributed by atoms with Crippen molar-refractivity contribution in [1.82, 2.24) is 0 Å². The predicted molar refractivity (Wildman–Crippen MR) is 67.0 cm³/mol. The quantitative estimate of drug-likeness (QED) is 0.892. The van der Waals surface area contributed by atoms with E-state index in [-0.39, 0.29) is 22.4 Å². The van der Waals surface area contributed by atoms with Gasteiger partial charge in [-0.3, -0.25) is 0 Å². The lowest BCUT2D eigenvalue weighted by molar-refractivity contribution is 0.0697. The van der Waals surface area contributed by atoms with E-state index >= 15 is 0 Å². The van der Waals surface area contributed by atoms with Crippen molar-refractivity contribution in [2.24, 2.45) is 0 Å². The van der Waals surface area contributed by atoms with Crippen molar-refractivity contribution in [2.75, 3.05) is 7.11 Å². The van der Waals surface area contributed by atoms with Crippen LogP contribution in [-0.4, -0.2) is 23.3 Å². The second-order valence-corrected chi connectivity index (χ2v) is 3.88. The van der Waals surface area contributed by atoms with Gasteiger partial charge in [0, 0.05) is 11.1 Å². The van der Waals surface area contributed by atoms with Crippen molar-refractivity contribution in [3.63, 3.8) is 0 Å². The molecule has 0 aliphatic carbocycles. The fourth-order valence-electron chi connectivity index (χ4n) is 1.79. The van der Waals surface area contributed by atoms with E-state index in [1.165, 1.54) is 25.3 Å². The third kappa shape index (κ3) is 2.49. The number of carboxylic acid groups (broad SMARTS) is 1. The summed E-state index contributed by atoms with van der Waals surface area (Å²) in [5, 5.41) is 18.9. The minimum atomic E-state index is -1.18. The molecule has 0 spiro atoms. The van der Waals surface area contributed by atoms with Gasteiger partial charge in [0.2, 0.25) is 0 Å². The summed E-state index contributed by atoms with van der Waals surface area (Å²) in [6, 6.07) is 7.71. The number of carbonyl (C=O) groups is 1. The summed E-state index contributed by atoms with van der Waals surface area (Å²) >= 11 is 0. The standard InChI is InChI=1S/C14H11FO4/c1-19-9-3-4-10(12(7-9)14(17)18)11-6-8(15)2-5-13(11)16/h2-7,16H,1H3,(H,17,18). The Bertz CT molecular complexity index is 637. The molecule has 0 heterocycles. The minimum Gasteiger partial charge on any atom is -0.507 e. The number of phenols is 1. The lowest BCUT2D eigenvalue weighted by Gasteiger charge is -2.10. The van der Waals surface area contributed by atoms with Gasteiger partial charge in [-0.1, -0.05) is 0 Å². The lowest BCUT2D eigenvalue weighted by atomic mass is 9.98. The average Bonchev–Trinajstić information content (AvgIpc) is 2.40. The zero-order chi connectivity index (χ0) is 14.0. The molecule has 0 aromatic heterocycles. The van der Waals surface area contributed by atoms with Gasteiger partial charge >= 0.3 is 5.97 Å². The Labute approximate surface area is 108 Å². The highest BCUT2D eigenvalue weighted by molar-refractivity contribution is 5.97. The van der Waals surface area contributed by atoms with Crippen LogP contribution in [0, 0.1) is 5.82 Å². The Hall–Kier alpha value is -2.56. The molecule has 0 fully saturated rings. The molecule has 2 rings (SSSR count).